The number of aromatic nitrogens is 4. The zero-order valence-electron chi connectivity index (χ0n) is 16.3. The van der Waals surface area contributed by atoms with E-state index >= 15 is 0 Å². The first-order chi connectivity index (χ1) is 14.8. The van der Waals surface area contributed by atoms with Crippen LogP contribution in [0.2, 0.25) is 0 Å². The van der Waals surface area contributed by atoms with Crippen molar-refractivity contribution in [1.29, 1.82) is 0 Å². The second-order valence-corrected chi connectivity index (χ2v) is 7.61. The molecule has 1 N–H and O–H groups in total. The maximum Gasteiger partial charge on any atom is 0.230 e. The standard InChI is InChI=1S/C23H21N5OS/c29-21(25-14-18-8-3-1-4-9-18)17-30-23-27-26-22(20-12-7-13-24-15-20)28(23)16-19-10-5-2-6-11-19/h1-13,15H,14,16-17H2,(H,25,29). The minimum absolute atomic E-state index is 0.0407. The number of hydrogen-bond donors (Lipinski definition) is 1. The summed E-state index contributed by atoms with van der Waals surface area (Å²) in [5, 5.41) is 12.4. The van der Waals surface area contributed by atoms with Gasteiger partial charge in [-0.1, -0.05) is 72.4 Å². The average molecular weight is 416 g/mol. The van der Waals surface area contributed by atoms with E-state index in [-0.39, 0.29) is 11.7 Å². The molecule has 0 atom stereocenters. The molecule has 0 bridgehead atoms. The van der Waals surface area contributed by atoms with Gasteiger partial charge in [0.15, 0.2) is 11.0 Å². The van der Waals surface area contributed by atoms with E-state index in [0.29, 0.717) is 18.2 Å². The molecule has 4 rings (SSSR count). The molecule has 0 radical (unpaired) electrons. The number of carbonyl (C=O) groups excluding carboxylic acids is 1. The van der Waals surface area contributed by atoms with Crippen molar-refractivity contribution in [2.75, 3.05) is 5.75 Å². The van der Waals surface area contributed by atoms with Gasteiger partial charge in [-0.15, -0.1) is 10.2 Å². The first kappa shape index (κ1) is 19.8. The first-order valence-electron chi connectivity index (χ1n) is 9.60. The number of carbonyl (C=O) groups is 1. The summed E-state index contributed by atoms with van der Waals surface area (Å²) in [6, 6.07) is 23.8. The van der Waals surface area contributed by atoms with Crippen LogP contribution in [0.3, 0.4) is 0 Å². The Hall–Kier alpha value is -3.45. The molecule has 0 aliphatic rings. The lowest BCUT2D eigenvalue weighted by atomic mass is 10.2. The Morgan fingerprint density at radius 2 is 1.63 bits per heavy atom. The number of pyridine rings is 1. The molecular weight excluding hydrogens is 394 g/mol. The van der Waals surface area contributed by atoms with Crippen LogP contribution in [0.1, 0.15) is 11.1 Å². The number of nitrogens with one attached hydrogen (secondary N) is 1. The number of thioether (sulfide) groups is 1. The van der Waals surface area contributed by atoms with Crippen LogP contribution in [0, 0.1) is 0 Å². The quantitative estimate of drug-likeness (QED) is 0.443. The Bertz CT molecular complexity index is 1080. The van der Waals surface area contributed by atoms with Crippen LogP contribution in [0.25, 0.3) is 11.4 Å². The van der Waals surface area contributed by atoms with E-state index in [9.17, 15) is 4.79 Å². The van der Waals surface area contributed by atoms with Crippen LogP contribution in [0.4, 0.5) is 0 Å². The molecule has 1 amide bonds. The first-order valence-corrected chi connectivity index (χ1v) is 10.6. The van der Waals surface area contributed by atoms with Crippen molar-refractivity contribution >= 4 is 17.7 Å². The van der Waals surface area contributed by atoms with Crippen molar-refractivity contribution < 1.29 is 4.79 Å². The number of nitrogens with zero attached hydrogens (tertiary/aromatic N) is 4. The molecule has 150 valence electrons. The van der Waals surface area contributed by atoms with Gasteiger partial charge < -0.3 is 5.32 Å². The zero-order chi connectivity index (χ0) is 20.6. The van der Waals surface area contributed by atoms with Gasteiger partial charge in [0.2, 0.25) is 5.91 Å². The Morgan fingerprint density at radius 1 is 0.900 bits per heavy atom. The lowest BCUT2D eigenvalue weighted by Gasteiger charge is -2.10. The van der Waals surface area contributed by atoms with Gasteiger partial charge >= 0.3 is 0 Å². The van der Waals surface area contributed by atoms with Crippen molar-refractivity contribution in [2.24, 2.45) is 0 Å². The maximum absolute atomic E-state index is 12.3. The lowest BCUT2D eigenvalue weighted by Crippen LogP contribution is -2.24. The fourth-order valence-electron chi connectivity index (χ4n) is 2.99. The molecule has 30 heavy (non-hydrogen) atoms. The molecule has 6 nitrogen and oxygen atoms in total. The van der Waals surface area contributed by atoms with E-state index in [2.05, 4.69) is 32.6 Å². The Labute approximate surface area is 179 Å². The monoisotopic (exact) mass is 415 g/mol. The van der Waals surface area contributed by atoms with Gasteiger partial charge in [-0.05, 0) is 23.3 Å². The van der Waals surface area contributed by atoms with Gasteiger partial charge in [0.25, 0.3) is 0 Å². The number of hydrogen-bond acceptors (Lipinski definition) is 5. The van der Waals surface area contributed by atoms with Gasteiger partial charge in [0, 0.05) is 24.5 Å². The Morgan fingerprint density at radius 3 is 2.33 bits per heavy atom. The summed E-state index contributed by atoms with van der Waals surface area (Å²) in [6.07, 6.45) is 3.50. The summed E-state index contributed by atoms with van der Waals surface area (Å²) in [5.41, 5.74) is 3.10. The summed E-state index contributed by atoms with van der Waals surface area (Å²) in [5.74, 6) is 0.965. The van der Waals surface area contributed by atoms with Crippen molar-refractivity contribution in [3.8, 4) is 11.4 Å². The molecule has 0 fully saturated rings. The Balaban J connectivity index is 1.48. The molecule has 2 aromatic heterocycles. The Kier molecular flexibility index (Phi) is 6.51. The zero-order valence-corrected chi connectivity index (χ0v) is 17.1. The number of amides is 1. The largest absolute Gasteiger partial charge is 0.351 e. The van der Waals surface area contributed by atoms with Crippen LogP contribution in [0.15, 0.2) is 90.3 Å². The van der Waals surface area contributed by atoms with Crippen LogP contribution < -0.4 is 5.32 Å². The molecule has 0 unspecified atom stereocenters. The van der Waals surface area contributed by atoms with Gasteiger partial charge in [0.1, 0.15) is 0 Å². The van der Waals surface area contributed by atoms with Crippen molar-refractivity contribution in [1.82, 2.24) is 25.1 Å². The third-order valence-corrected chi connectivity index (χ3v) is 5.45. The SMILES string of the molecule is O=C(CSc1nnc(-c2cccnc2)n1Cc1ccccc1)NCc1ccccc1. The average Bonchev–Trinajstić information content (AvgIpc) is 3.20. The topological polar surface area (TPSA) is 72.7 Å². The van der Waals surface area contributed by atoms with Crippen LogP contribution in [-0.2, 0) is 17.9 Å². The minimum Gasteiger partial charge on any atom is -0.351 e. The van der Waals surface area contributed by atoms with Crippen molar-refractivity contribution in [3.05, 3.63) is 96.3 Å². The fraction of sp³-hybridized carbons (Fsp3) is 0.130. The summed E-state index contributed by atoms with van der Waals surface area (Å²) in [4.78, 5) is 16.5. The molecule has 0 aliphatic heterocycles. The van der Waals surface area contributed by atoms with E-state index in [4.69, 9.17) is 0 Å². The summed E-state index contributed by atoms with van der Waals surface area (Å²) < 4.78 is 2.03. The summed E-state index contributed by atoms with van der Waals surface area (Å²) in [7, 11) is 0. The molecular formula is C23H21N5OS. The molecule has 0 saturated carbocycles. The highest BCUT2D eigenvalue weighted by molar-refractivity contribution is 7.99. The lowest BCUT2D eigenvalue weighted by molar-refractivity contribution is -0.118. The third-order valence-electron chi connectivity index (χ3n) is 4.48. The molecule has 2 aromatic carbocycles. The van der Waals surface area contributed by atoms with Gasteiger partial charge in [-0.3, -0.25) is 14.3 Å². The van der Waals surface area contributed by atoms with Crippen molar-refractivity contribution in [2.45, 2.75) is 18.2 Å². The fourth-order valence-corrected chi connectivity index (χ4v) is 3.76. The highest BCUT2D eigenvalue weighted by atomic mass is 32.2. The minimum atomic E-state index is -0.0407. The molecule has 4 aromatic rings. The third kappa shape index (κ3) is 5.12. The molecule has 0 aliphatic carbocycles. The maximum atomic E-state index is 12.3. The molecule has 0 spiro atoms. The molecule has 7 heteroatoms. The van der Waals surface area contributed by atoms with E-state index in [0.717, 1.165) is 22.5 Å². The number of rotatable bonds is 8. The predicted molar refractivity (Wildman–Crippen MR) is 118 cm³/mol. The second kappa shape index (κ2) is 9.84. The van der Waals surface area contributed by atoms with E-state index < -0.39 is 0 Å². The van der Waals surface area contributed by atoms with Crippen LogP contribution >= 0.6 is 11.8 Å². The van der Waals surface area contributed by atoms with Gasteiger partial charge in [-0.25, -0.2) is 0 Å². The summed E-state index contributed by atoms with van der Waals surface area (Å²) in [6.45, 7) is 1.13. The second-order valence-electron chi connectivity index (χ2n) is 6.67. The molecule has 2 heterocycles. The normalized spacial score (nSPS) is 10.7. The van der Waals surface area contributed by atoms with Crippen LogP contribution in [-0.4, -0.2) is 31.4 Å². The van der Waals surface area contributed by atoms with Gasteiger partial charge in [0.05, 0.1) is 12.3 Å². The highest BCUT2D eigenvalue weighted by Crippen LogP contribution is 2.24. The highest BCUT2D eigenvalue weighted by Gasteiger charge is 2.16. The van der Waals surface area contributed by atoms with Gasteiger partial charge in [-0.2, -0.15) is 0 Å². The summed E-state index contributed by atoms with van der Waals surface area (Å²) >= 11 is 1.38. The molecule has 0 saturated heterocycles. The predicted octanol–water partition coefficient (Wildman–Crippen LogP) is 3.80. The smallest absolute Gasteiger partial charge is 0.230 e. The van der Waals surface area contributed by atoms with E-state index in [1.807, 2.05) is 65.2 Å². The van der Waals surface area contributed by atoms with Crippen LogP contribution in [0.5, 0.6) is 0 Å². The number of benzene rings is 2. The van der Waals surface area contributed by atoms with E-state index in [1.54, 1.807) is 12.4 Å². The van der Waals surface area contributed by atoms with Crippen molar-refractivity contribution in [3.63, 3.8) is 0 Å². The van der Waals surface area contributed by atoms with E-state index in [1.165, 1.54) is 11.8 Å².